The number of fused-ring (bicyclic) bond motifs is 7. The van der Waals surface area contributed by atoms with Gasteiger partial charge < -0.3 is 0 Å². The van der Waals surface area contributed by atoms with Gasteiger partial charge in [-0.15, -0.1) is 0 Å². The fourth-order valence-electron chi connectivity index (χ4n) is 3.94. The molecule has 118 valence electrons. The Morgan fingerprint density at radius 1 is 0.880 bits per heavy atom. The van der Waals surface area contributed by atoms with Gasteiger partial charge >= 0.3 is 0 Å². The molecule has 5 heterocycles. The zero-order chi connectivity index (χ0) is 16.4. The summed E-state index contributed by atoms with van der Waals surface area (Å²) in [5, 5.41) is 0. The SMILES string of the molecule is c1ccc(-n2c3cnccc3n3c[n+]4c(c23)-c2cnccc2C4)cc1. The number of rotatable bonds is 1. The summed E-state index contributed by atoms with van der Waals surface area (Å²) in [5.74, 6) is 0. The van der Waals surface area contributed by atoms with E-state index in [9.17, 15) is 0 Å². The normalized spacial score (nSPS) is 12.6. The number of pyridine rings is 2. The second-order valence-electron chi connectivity index (χ2n) is 6.35. The van der Waals surface area contributed by atoms with Crippen molar-refractivity contribution in [2.45, 2.75) is 6.54 Å². The van der Waals surface area contributed by atoms with Crippen LogP contribution in [0.1, 0.15) is 5.56 Å². The third-order valence-corrected chi connectivity index (χ3v) is 4.99. The monoisotopic (exact) mass is 324 g/mol. The number of benzene rings is 1. The quantitative estimate of drug-likeness (QED) is 0.436. The van der Waals surface area contributed by atoms with E-state index >= 15 is 0 Å². The molecule has 25 heavy (non-hydrogen) atoms. The number of aromatic nitrogens is 5. The van der Waals surface area contributed by atoms with Gasteiger partial charge in [0.1, 0.15) is 12.1 Å². The standard InChI is InChI=1S/C20H14N5/c1-2-4-15(5-3-1)25-18-11-22-9-7-17(18)24-13-23-12-14-6-8-21-10-16(14)19(23)20(24)25/h1-11,13H,12H2/q+1. The zero-order valence-corrected chi connectivity index (χ0v) is 13.4. The lowest BCUT2D eigenvalue weighted by Gasteiger charge is -2.04. The summed E-state index contributed by atoms with van der Waals surface area (Å²) in [4.78, 5) is 8.71. The fraction of sp³-hybridized carbons (Fsp3) is 0.0500. The Kier molecular flexibility index (Phi) is 2.34. The van der Waals surface area contributed by atoms with E-state index in [0.717, 1.165) is 28.9 Å². The summed E-state index contributed by atoms with van der Waals surface area (Å²) in [6.07, 6.45) is 9.81. The van der Waals surface area contributed by atoms with Crippen LogP contribution in [0.2, 0.25) is 0 Å². The molecule has 0 amide bonds. The second-order valence-corrected chi connectivity index (χ2v) is 6.35. The van der Waals surface area contributed by atoms with Gasteiger partial charge in [0.15, 0.2) is 5.52 Å². The summed E-state index contributed by atoms with van der Waals surface area (Å²) < 4.78 is 6.85. The molecule has 0 spiro atoms. The highest BCUT2D eigenvalue weighted by Crippen LogP contribution is 2.34. The molecule has 5 aromatic rings. The maximum Gasteiger partial charge on any atom is 0.260 e. The molecule has 0 unspecified atom stereocenters. The van der Waals surface area contributed by atoms with Crippen molar-refractivity contribution in [2.24, 2.45) is 0 Å². The number of para-hydroxylation sites is 1. The number of imidazole rings is 2. The molecular formula is C20H14N5+. The number of hydrogen-bond donors (Lipinski definition) is 0. The van der Waals surface area contributed by atoms with Crippen molar-refractivity contribution in [3.8, 4) is 16.9 Å². The molecule has 1 aromatic carbocycles. The van der Waals surface area contributed by atoms with Crippen LogP contribution in [0.3, 0.4) is 0 Å². The van der Waals surface area contributed by atoms with Gasteiger partial charge in [0, 0.05) is 35.9 Å². The van der Waals surface area contributed by atoms with Gasteiger partial charge in [0.25, 0.3) is 12.0 Å². The molecule has 0 radical (unpaired) electrons. The van der Waals surface area contributed by atoms with Gasteiger partial charge in [-0.05, 0) is 18.2 Å². The van der Waals surface area contributed by atoms with E-state index in [1.54, 1.807) is 0 Å². The van der Waals surface area contributed by atoms with Gasteiger partial charge in [-0.2, -0.15) is 4.40 Å². The Bertz CT molecular complexity index is 1260. The predicted molar refractivity (Wildman–Crippen MR) is 94.6 cm³/mol. The van der Waals surface area contributed by atoms with E-state index in [4.69, 9.17) is 0 Å². The van der Waals surface area contributed by atoms with Crippen LogP contribution in [0.5, 0.6) is 0 Å². The third-order valence-electron chi connectivity index (χ3n) is 4.99. The van der Waals surface area contributed by atoms with Crippen LogP contribution < -0.4 is 4.57 Å². The van der Waals surface area contributed by atoms with Crippen molar-refractivity contribution in [1.82, 2.24) is 18.9 Å². The van der Waals surface area contributed by atoms with Crippen LogP contribution in [0.4, 0.5) is 0 Å². The van der Waals surface area contributed by atoms with E-state index in [1.807, 2.05) is 30.9 Å². The molecule has 0 saturated carbocycles. The molecule has 1 aliphatic rings. The molecule has 1 aliphatic heterocycles. The van der Waals surface area contributed by atoms with E-state index in [2.05, 4.69) is 66.2 Å². The number of nitrogens with zero attached hydrogens (tertiary/aromatic N) is 5. The van der Waals surface area contributed by atoms with Gasteiger partial charge in [-0.1, -0.05) is 18.2 Å². The molecule has 5 nitrogen and oxygen atoms in total. The molecule has 0 fully saturated rings. The highest BCUT2D eigenvalue weighted by molar-refractivity contribution is 5.89. The number of hydrogen-bond acceptors (Lipinski definition) is 2. The maximum absolute atomic E-state index is 4.36. The maximum atomic E-state index is 4.36. The Labute approximate surface area is 143 Å². The third kappa shape index (κ3) is 1.59. The van der Waals surface area contributed by atoms with Crippen molar-refractivity contribution in [2.75, 3.05) is 0 Å². The van der Waals surface area contributed by atoms with Gasteiger partial charge in [0.05, 0.1) is 11.8 Å². The minimum Gasteiger partial charge on any atom is -0.268 e. The fourth-order valence-corrected chi connectivity index (χ4v) is 3.94. The van der Waals surface area contributed by atoms with E-state index in [1.165, 1.54) is 16.8 Å². The minimum atomic E-state index is 0.885. The van der Waals surface area contributed by atoms with Gasteiger partial charge in [-0.25, -0.2) is 4.57 Å². The van der Waals surface area contributed by atoms with Crippen LogP contribution in [-0.2, 0) is 6.54 Å². The summed E-state index contributed by atoms with van der Waals surface area (Å²) in [6, 6.07) is 14.6. The van der Waals surface area contributed by atoms with E-state index < -0.39 is 0 Å². The van der Waals surface area contributed by atoms with E-state index in [-0.39, 0.29) is 0 Å². The summed E-state index contributed by atoms with van der Waals surface area (Å²) >= 11 is 0. The van der Waals surface area contributed by atoms with Gasteiger partial charge in [-0.3, -0.25) is 14.5 Å². The highest BCUT2D eigenvalue weighted by Gasteiger charge is 2.33. The lowest BCUT2D eigenvalue weighted by Crippen LogP contribution is -2.29. The molecule has 0 aliphatic carbocycles. The second kappa shape index (κ2) is 4.54. The molecule has 0 saturated heterocycles. The smallest absolute Gasteiger partial charge is 0.260 e. The molecular weight excluding hydrogens is 310 g/mol. The molecule has 0 N–H and O–H groups in total. The van der Waals surface area contributed by atoms with Crippen LogP contribution >= 0.6 is 0 Å². The van der Waals surface area contributed by atoms with Crippen molar-refractivity contribution < 1.29 is 4.57 Å². The summed E-state index contributed by atoms with van der Waals surface area (Å²) in [7, 11) is 0. The topological polar surface area (TPSA) is 39.0 Å². The summed E-state index contributed by atoms with van der Waals surface area (Å²) in [6.45, 7) is 0.885. The van der Waals surface area contributed by atoms with Crippen molar-refractivity contribution in [3.05, 3.63) is 79.1 Å². The largest absolute Gasteiger partial charge is 0.268 e. The van der Waals surface area contributed by atoms with Gasteiger partial charge in [0.2, 0.25) is 5.69 Å². The van der Waals surface area contributed by atoms with Crippen LogP contribution in [-0.4, -0.2) is 18.9 Å². The minimum absolute atomic E-state index is 0.885. The average molecular weight is 324 g/mol. The molecule has 5 heteroatoms. The molecule has 6 rings (SSSR count). The lowest BCUT2D eigenvalue weighted by molar-refractivity contribution is -0.671. The first-order chi connectivity index (χ1) is 12.4. The van der Waals surface area contributed by atoms with Crippen LogP contribution in [0, 0.1) is 0 Å². The molecule has 4 aromatic heterocycles. The first-order valence-corrected chi connectivity index (χ1v) is 8.29. The van der Waals surface area contributed by atoms with E-state index in [0.29, 0.717) is 0 Å². The zero-order valence-electron chi connectivity index (χ0n) is 13.4. The Hall–Kier alpha value is -3.47. The molecule has 0 atom stereocenters. The van der Waals surface area contributed by atoms with Crippen LogP contribution in [0.25, 0.3) is 33.6 Å². The Balaban J connectivity index is 1.84. The Morgan fingerprint density at radius 3 is 2.64 bits per heavy atom. The summed E-state index contributed by atoms with van der Waals surface area (Å²) in [5.41, 5.74) is 8.28. The van der Waals surface area contributed by atoms with Crippen molar-refractivity contribution in [1.29, 1.82) is 0 Å². The predicted octanol–water partition coefficient (Wildman–Crippen LogP) is 2.99. The van der Waals surface area contributed by atoms with Crippen LogP contribution in [0.15, 0.2) is 73.6 Å². The Morgan fingerprint density at radius 2 is 1.72 bits per heavy atom. The molecule has 0 bridgehead atoms. The first kappa shape index (κ1) is 12.9. The first-order valence-electron chi connectivity index (χ1n) is 8.29. The van der Waals surface area contributed by atoms with Crippen molar-refractivity contribution in [3.63, 3.8) is 0 Å². The average Bonchev–Trinajstić information content (AvgIpc) is 3.29. The lowest BCUT2D eigenvalue weighted by atomic mass is 10.1. The highest BCUT2D eigenvalue weighted by atomic mass is 15.2. The van der Waals surface area contributed by atoms with Crippen molar-refractivity contribution >= 4 is 16.7 Å².